The molecular weight excluding hydrogens is 590 g/mol. The van der Waals surface area contributed by atoms with Crippen LogP contribution >= 0.6 is 0 Å². The fourth-order valence-electron chi connectivity index (χ4n) is 5.24. The van der Waals surface area contributed by atoms with Crippen LogP contribution in [-0.4, -0.2) is 85.9 Å². The minimum absolute atomic E-state index is 0.0664. The molecule has 0 radical (unpaired) electrons. The Labute approximate surface area is 268 Å². The van der Waals surface area contributed by atoms with Gasteiger partial charge in [0.05, 0.1) is 6.04 Å². The minimum atomic E-state index is -0.963. The summed E-state index contributed by atoms with van der Waals surface area (Å²) in [5.74, 6) is -1.23. The van der Waals surface area contributed by atoms with Crippen LogP contribution in [0.3, 0.4) is 0 Å². The summed E-state index contributed by atoms with van der Waals surface area (Å²) in [7, 11) is 0. The summed E-state index contributed by atoms with van der Waals surface area (Å²) < 4.78 is 1.47. The molecule has 0 saturated heterocycles. The number of hydrogen-bond donors (Lipinski definition) is 5. The topological polar surface area (TPSA) is 183 Å². The standard InChI is InChI=1S/C32H43N9O5/c1-20(2)28-29-36-22(4)39-41(29)19-27(43)34-15-17-40(32(46)24-12-8-14-33-24)16-9-13-26(42)35-21(3)30(44)37-25(31(45)38-28)18-23-10-6-5-7-11-23/h5-8,10-12,14,20-21,25,28,33H,9,13,15-19H2,1-4H3,(H,34,43)(H,35,42)(H,37,44)(H,38,45)/t21-,25+,28-/m0/s1. The Bertz CT molecular complexity index is 1500. The van der Waals surface area contributed by atoms with Crippen molar-refractivity contribution in [3.63, 3.8) is 0 Å². The molecule has 1 aliphatic rings. The van der Waals surface area contributed by atoms with Crippen LogP contribution < -0.4 is 21.3 Å². The monoisotopic (exact) mass is 633 g/mol. The number of carbonyl (C=O) groups excluding carboxylic acids is 5. The van der Waals surface area contributed by atoms with E-state index < -0.39 is 29.9 Å². The first kappa shape index (κ1) is 33.9. The molecule has 0 unspecified atom stereocenters. The van der Waals surface area contributed by atoms with Crippen molar-refractivity contribution in [2.75, 3.05) is 19.6 Å². The molecule has 1 aromatic carbocycles. The molecule has 3 heterocycles. The molecule has 14 heteroatoms. The van der Waals surface area contributed by atoms with E-state index >= 15 is 0 Å². The maximum absolute atomic E-state index is 13.8. The van der Waals surface area contributed by atoms with E-state index in [-0.39, 0.29) is 62.7 Å². The number of benzene rings is 1. The molecule has 5 N–H and O–H groups in total. The highest BCUT2D eigenvalue weighted by molar-refractivity contribution is 5.93. The van der Waals surface area contributed by atoms with Crippen LogP contribution in [0.2, 0.25) is 0 Å². The molecule has 0 fully saturated rings. The number of aryl methyl sites for hydroxylation is 1. The van der Waals surface area contributed by atoms with Gasteiger partial charge in [0.1, 0.15) is 30.1 Å². The molecule has 1 aliphatic heterocycles. The quantitative estimate of drug-likeness (QED) is 0.284. The Morgan fingerprint density at radius 2 is 1.72 bits per heavy atom. The summed E-state index contributed by atoms with van der Waals surface area (Å²) in [4.78, 5) is 75.1. The maximum atomic E-state index is 13.8. The number of nitrogens with one attached hydrogen (secondary N) is 5. The molecule has 0 saturated carbocycles. The Morgan fingerprint density at radius 3 is 2.41 bits per heavy atom. The van der Waals surface area contributed by atoms with E-state index in [1.165, 1.54) is 4.68 Å². The van der Waals surface area contributed by atoms with Crippen LogP contribution in [0.1, 0.15) is 67.4 Å². The molecule has 5 amide bonds. The van der Waals surface area contributed by atoms with Crippen molar-refractivity contribution < 1.29 is 24.0 Å². The van der Waals surface area contributed by atoms with Crippen molar-refractivity contribution in [1.82, 2.24) is 45.9 Å². The second kappa shape index (κ2) is 15.8. The average Bonchev–Trinajstić information content (AvgIpc) is 3.68. The summed E-state index contributed by atoms with van der Waals surface area (Å²) in [6, 6.07) is 10.2. The first-order valence-electron chi connectivity index (χ1n) is 15.6. The summed E-state index contributed by atoms with van der Waals surface area (Å²) in [6.07, 6.45) is 2.26. The summed E-state index contributed by atoms with van der Waals surface area (Å²) in [6.45, 7) is 7.57. The number of nitrogens with zero attached hydrogens (tertiary/aromatic N) is 4. The Kier molecular flexibility index (Phi) is 11.7. The van der Waals surface area contributed by atoms with Crippen molar-refractivity contribution in [2.45, 2.75) is 71.6 Å². The largest absolute Gasteiger partial charge is 0.357 e. The van der Waals surface area contributed by atoms with Gasteiger partial charge in [-0.05, 0) is 43.9 Å². The van der Waals surface area contributed by atoms with E-state index in [1.807, 2.05) is 44.2 Å². The second-order valence-electron chi connectivity index (χ2n) is 11.8. The van der Waals surface area contributed by atoms with Gasteiger partial charge in [-0.1, -0.05) is 44.2 Å². The minimum Gasteiger partial charge on any atom is -0.357 e. The van der Waals surface area contributed by atoms with Gasteiger partial charge in [-0.25, -0.2) is 9.67 Å². The summed E-state index contributed by atoms with van der Waals surface area (Å²) in [5.41, 5.74) is 1.23. The van der Waals surface area contributed by atoms with Crippen LogP contribution in [0.4, 0.5) is 0 Å². The van der Waals surface area contributed by atoms with Gasteiger partial charge >= 0.3 is 0 Å². The normalized spacial score (nSPS) is 21.1. The fourth-order valence-corrected chi connectivity index (χ4v) is 5.24. The number of fused-ring (bicyclic) bond motifs is 1. The zero-order chi connectivity index (χ0) is 33.2. The predicted molar refractivity (Wildman–Crippen MR) is 169 cm³/mol. The maximum Gasteiger partial charge on any atom is 0.270 e. The van der Waals surface area contributed by atoms with E-state index in [4.69, 9.17) is 0 Å². The molecule has 3 atom stereocenters. The number of H-pyrrole nitrogens is 1. The summed E-state index contributed by atoms with van der Waals surface area (Å²) >= 11 is 0. The van der Waals surface area contributed by atoms with Gasteiger partial charge in [0.2, 0.25) is 23.6 Å². The molecule has 46 heavy (non-hydrogen) atoms. The van der Waals surface area contributed by atoms with Gasteiger partial charge in [0, 0.05) is 38.7 Å². The van der Waals surface area contributed by atoms with Crippen LogP contribution in [0, 0.1) is 12.8 Å². The summed E-state index contributed by atoms with van der Waals surface area (Å²) in [5, 5.41) is 15.8. The lowest BCUT2D eigenvalue weighted by molar-refractivity contribution is -0.132. The van der Waals surface area contributed by atoms with Crippen molar-refractivity contribution >= 4 is 29.5 Å². The lowest BCUT2D eigenvalue weighted by Gasteiger charge is -2.27. The van der Waals surface area contributed by atoms with E-state index in [9.17, 15) is 24.0 Å². The number of aromatic nitrogens is 4. The molecule has 0 spiro atoms. The lowest BCUT2D eigenvalue weighted by atomic mass is 10.0. The van der Waals surface area contributed by atoms with Gasteiger partial charge in [-0.2, -0.15) is 5.10 Å². The van der Waals surface area contributed by atoms with E-state index in [2.05, 4.69) is 36.3 Å². The number of hydrogen-bond acceptors (Lipinski definition) is 7. The van der Waals surface area contributed by atoms with E-state index in [1.54, 1.807) is 37.1 Å². The molecule has 0 bridgehead atoms. The van der Waals surface area contributed by atoms with Gasteiger partial charge in [0.25, 0.3) is 5.91 Å². The zero-order valence-corrected chi connectivity index (χ0v) is 26.7. The van der Waals surface area contributed by atoms with Gasteiger partial charge in [0.15, 0.2) is 5.82 Å². The SMILES string of the molecule is Cc1nc2n(n1)CC(=O)NCCN(C(=O)c1ccc[nH]1)CCCC(=O)N[C@@H](C)C(=O)N[C@H](Cc1ccccc1)C(=O)N[C@H]2C(C)C. The Hall–Kier alpha value is -5.01. The van der Waals surface area contributed by atoms with Crippen molar-refractivity contribution in [2.24, 2.45) is 5.92 Å². The highest BCUT2D eigenvalue weighted by Gasteiger charge is 2.31. The van der Waals surface area contributed by atoms with Gasteiger partial charge in [-0.3, -0.25) is 24.0 Å². The highest BCUT2D eigenvalue weighted by Crippen LogP contribution is 2.21. The van der Waals surface area contributed by atoms with Crippen LogP contribution in [0.5, 0.6) is 0 Å². The lowest BCUT2D eigenvalue weighted by Crippen LogP contribution is -2.54. The Morgan fingerprint density at radius 1 is 0.957 bits per heavy atom. The van der Waals surface area contributed by atoms with Crippen LogP contribution in [-0.2, 0) is 32.1 Å². The van der Waals surface area contributed by atoms with Crippen LogP contribution in [0.15, 0.2) is 48.7 Å². The molecule has 2 aromatic heterocycles. The third-order valence-electron chi connectivity index (χ3n) is 7.68. The number of amides is 5. The molecule has 246 valence electrons. The first-order chi connectivity index (χ1) is 22.0. The van der Waals surface area contributed by atoms with Crippen molar-refractivity contribution in [1.29, 1.82) is 0 Å². The average molecular weight is 634 g/mol. The predicted octanol–water partition coefficient (Wildman–Crippen LogP) is 1.01. The fraction of sp³-hybridized carbons (Fsp3) is 0.469. The molecule has 0 aliphatic carbocycles. The molecule has 4 rings (SSSR count). The molecule has 3 aromatic rings. The molecular formula is C32H43N9O5. The highest BCUT2D eigenvalue weighted by atomic mass is 16.2. The van der Waals surface area contributed by atoms with Crippen LogP contribution in [0.25, 0.3) is 0 Å². The van der Waals surface area contributed by atoms with Crippen molar-refractivity contribution in [3.05, 3.63) is 71.6 Å². The van der Waals surface area contributed by atoms with Gasteiger partial charge < -0.3 is 31.2 Å². The second-order valence-corrected chi connectivity index (χ2v) is 11.8. The smallest absolute Gasteiger partial charge is 0.270 e. The third-order valence-corrected chi connectivity index (χ3v) is 7.68. The third kappa shape index (κ3) is 9.25. The Balaban J connectivity index is 1.62. The van der Waals surface area contributed by atoms with Crippen molar-refractivity contribution in [3.8, 4) is 0 Å². The first-order valence-corrected chi connectivity index (χ1v) is 15.6. The van der Waals surface area contributed by atoms with E-state index in [0.717, 1.165) is 5.56 Å². The molecule has 14 nitrogen and oxygen atoms in total. The zero-order valence-electron chi connectivity index (χ0n) is 26.7. The van der Waals surface area contributed by atoms with E-state index in [0.29, 0.717) is 23.8 Å². The van der Waals surface area contributed by atoms with Gasteiger partial charge in [-0.15, -0.1) is 0 Å². The number of rotatable bonds is 4. The number of aromatic amines is 1. The number of carbonyl (C=O) groups is 5.